The second kappa shape index (κ2) is 19.6. The number of imidazole rings is 2. The zero-order valence-electron chi connectivity index (χ0n) is 38.4. The zero-order chi connectivity index (χ0) is 46.7. The maximum absolute atomic E-state index is 14.6. The average Bonchev–Trinajstić information content (AvgIpc) is 4.23. The summed E-state index contributed by atoms with van der Waals surface area (Å²) < 4.78 is 0. The Morgan fingerprint density at radius 1 is 0.485 bits per heavy atom. The number of benzene rings is 4. The second-order valence-corrected chi connectivity index (χ2v) is 18.9. The number of nitrogens with two attached hydrogens (primary N) is 2. The fourth-order valence-corrected chi connectivity index (χ4v) is 11.4. The number of hydrogen-bond donors (Lipinski definition) is 4. The monoisotopic (exact) mass is 912 g/mol. The van der Waals surface area contributed by atoms with Crippen molar-refractivity contribution in [3.63, 3.8) is 0 Å². The third kappa shape index (κ3) is 8.87. The zero-order valence-corrected chi connectivity index (χ0v) is 38.4. The van der Waals surface area contributed by atoms with E-state index in [1.807, 2.05) is 82.9 Å². The summed E-state index contributed by atoms with van der Waals surface area (Å²) in [6, 6.07) is 32.4. The minimum absolute atomic E-state index is 0.0680. The minimum atomic E-state index is -0.798. The number of amides is 6. The van der Waals surface area contributed by atoms with E-state index in [9.17, 15) is 19.2 Å². The van der Waals surface area contributed by atoms with Crippen molar-refractivity contribution in [2.75, 3.05) is 13.1 Å². The second-order valence-electron chi connectivity index (χ2n) is 18.9. The molecular weight excluding hydrogens is 853 g/mol. The molecule has 350 valence electrons. The van der Waals surface area contributed by atoms with E-state index in [4.69, 9.17) is 21.4 Å². The van der Waals surface area contributed by atoms with Crippen LogP contribution in [0.2, 0.25) is 0 Å². The first kappa shape index (κ1) is 44.6. The molecule has 4 aliphatic rings. The van der Waals surface area contributed by atoms with Crippen LogP contribution in [0.3, 0.4) is 0 Å². The topological polar surface area (TPSA) is 191 Å². The molecule has 0 bridgehead atoms. The molecule has 6 amide bonds. The summed E-state index contributed by atoms with van der Waals surface area (Å²) in [5.41, 5.74) is 19.4. The summed E-state index contributed by atoms with van der Waals surface area (Å²) in [6.07, 6.45) is 14.2. The van der Waals surface area contributed by atoms with E-state index in [-0.39, 0.29) is 36.0 Å². The van der Waals surface area contributed by atoms with Gasteiger partial charge >= 0.3 is 12.1 Å². The Kier molecular flexibility index (Phi) is 12.8. The van der Waals surface area contributed by atoms with Crippen LogP contribution < -0.4 is 11.5 Å². The Hall–Kier alpha value is -7.22. The van der Waals surface area contributed by atoms with Crippen molar-refractivity contribution >= 4 is 23.9 Å². The lowest BCUT2D eigenvalue weighted by Crippen LogP contribution is -2.51. The SMILES string of the molecule is NC(=O)N(C1CCCC1)[C@@H](C(=O)N1CCCC1c1ncc(-c2ccc(-c3ccc(-c4cnc(C5CCCN5C(=O)[C@@H](c5ccccc5)N(C(N)=O)C5CCCC5)[nH]4)cc3)cc2)[nH]1)c1ccccc1. The first-order chi connectivity index (χ1) is 33.2. The summed E-state index contributed by atoms with van der Waals surface area (Å²) in [5, 5.41) is 0. The van der Waals surface area contributed by atoms with Crippen molar-refractivity contribution in [2.24, 2.45) is 11.5 Å². The third-order valence-corrected chi connectivity index (χ3v) is 14.8. The molecule has 2 unspecified atom stereocenters. The van der Waals surface area contributed by atoms with Crippen LogP contribution in [0.4, 0.5) is 9.59 Å². The van der Waals surface area contributed by atoms with Crippen LogP contribution in [0.15, 0.2) is 122 Å². The number of aromatic amines is 2. The number of primary amides is 2. The van der Waals surface area contributed by atoms with Gasteiger partial charge in [0.05, 0.1) is 35.9 Å². The molecule has 14 heteroatoms. The van der Waals surface area contributed by atoms with Crippen molar-refractivity contribution in [2.45, 2.75) is 113 Å². The van der Waals surface area contributed by atoms with Gasteiger partial charge in [-0.05, 0) is 84.7 Å². The summed E-state index contributed by atoms with van der Waals surface area (Å²) in [4.78, 5) is 79.0. The molecule has 6 N–H and O–H groups in total. The number of nitrogens with one attached hydrogen (secondary N) is 2. The molecule has 0 radical (unpaired) electrons. The summed E-state index contributed by atoms with van der Waals surface area (Å²) in [5.74, 6) is 1.20. The van der Waals surface area contributed by atoms with Crippen LogP contribution in [0.5, 0.6) is 0 Å². The third-order valence-electron chi connectivity index (χ3n) is 14.8. The van der Waals surface area contributed by atoms with E-state index in [2.05, 4.69) is 58.5 Å². The van der Waals surface area contributed by atoms with Gasteiger partial charge in [-0.15, -0.1) is 0 Å². The van der Waals surface area contributed by atoms with Crippen molar-refractivity contribution in [1.29, 1.82) is 0 Å². The van der Waals surface area contributed by atoms with Crippen LogP contribution >= 0.6 is 0 Å². The molecule has 10 rings (SSSR count). The highest BCUT2D eigenvalue weighted by atomic mass is 16.2. The lowest BCUT2D eigenvalue weighted by atomic mass is 10.0. The minimum Gasteiger partial charge on any atom is -0.351 e. The molecular formula is C54H60N10O4. The highest BCUT2D eigenvalue weighted by Crippen LogP contribution is 2.40. The molecule has 0 spiro atoms. The van der Waals surface area contributed by atoms with Gasteiger partial charge in [-0.3, -0.25) is 9.59 Å². The molecule has 2 saturated heterocycles. The number of urea groups is 2. The van der Waals surface area contributed by atoms with Crippen LogP contribution in [0.25, 0.3) is 33.6 Å². The van der Waals surface area contributed by atoms with Crippen LogP contribution in [-0.4, -0.2) is 88.6 Å². The smallest absolute Gasteiger partial charge is 0.315 e. The van der Waals surface area contributed by atoms with Gasteiger partial charge in [0.2, 0.25) is 0 Å². The number of H-pyrrole nitrogens is 2. The number of likely N-dealkylation sites (tertiary alicyclic amines) is 2. The number of nitrogens with zero attached hydrogens (tertiary/aromatic N) is 6. The van der Waals surface area contributed by atoms with Gasteiger partial charge in [0.25, 0.3) is 11.8 Å². The number of aromatic nitrogens is 4. The maximum atomic E-state index is 14.6. The van der Waals surface area contributed by atoms with Crippen molar-refractivity contribution in [1.82, 2.24) is 39.5 Å². The average molecular weight is 913 g/mol. The van der Waals surface area contributed by atoms with Gasteiger partial charge < -0.3 is 41.0 Å². The van der Waals surface area contributed by atoms with Crippen molar-refractivity contribution in [3.05, 3.63) is 144 Å². The van der Waals surface area contributed by atoms with E-state index < -0.39 is 24.1 Å². The van der Waals surface area contributed by atoms with Crippen LogP contribution in [0, 0.1) is 0 Å². The molecule has 2 aromatic heterocycles. The standard InChI is InChI=1S/C54H60N10O4/c55-53(67)63(41-17-7-8-18-41)47(39-13-3-1-4-14-39)51(65)61-31-11-21-45(61)49-57-33-43(59-49)37-27-23-35(24-28-37)36-25-29-38(30-26-36)44-34-58-50(60-44)46-22-12-32-62(46)52(66)48(40-15-5-2-6-16-40)64(54(56)68)42-19-9-10-20-42/h1-6,13-16,23-30,33-34,41-42,45-48H,7-12,17-22,31-32H2,(H2,55,67)(H2,56,68)(H,57,59)(H,58,60)/t45?,46?,47-,48-/m1/s1. The Labute approximate surface area is 397 Å². The van der Waals surface area contributed by atoms with Gasteiger partial charge in [-0.1, -0.05) is 135 Å². The van der Waals surface area contributed by atoms with Gasteiger partial charge in [0.1, 0.15) is 23.7 Å². The fraction of sp³-hybridized carbons (Fsp3) is 0.370. The summed E-state index contributed by atoms with van der Waals surface area (Å²) in [6.45, 7) is 1.15. The van der Waals surface area contributed by atoms with Gasteiger partial charge in [-0.25, -0.2) is 19.6 Å². The normalized spacial score (nSPS) is 19.6. The Morgan fingerprint density at radius 3 is 1.19 bits per heavy atom. The molecule has 2 saturated carbocycles. The van der Waals surface area contributed by atoms with Gasteiger partial charge in [-0.2, -0.15) is 0 Å². The van der Waals surface area contributed by atoms with Crippen molar-refractivity contribution < 1.29 is 19.2 Å². The van der Waals surface area contributed by atoms with Crippen molar-refractivity contribution in [3.8, 4) is 33.6 Å². The van der Waals surface area contributed by atoms with E-state index in [0.717, 1.165) is 133 Å². The molecule has 4 atom stereocenters. The Bertz CT molecular complexity index is 2520. The lowest BCUT2D eigenvalue weighted by Gasteiger charge is -2.37. The van der Waals surface area contributed by atoms with Crippen LogP contribution in [-0.2, 0) is 9.59 Å². The van der Waals surface area contributed by atoms with Gasteiger partial charge in [0, 0.05) is 25.2 Å². The summed E-state index contributed by atoms with van der Waals surface area (Å²) >= 11 is 0. The molecule has 4 fully saturated rings. The fourth-order valence-electron chi connectivity index (χ4n) is 11.4. The molecule has 4 aromatic carbocycles. The molecule has 14 nitrogen and oxygen atoms in total. The van der Waals surface area contributed by atoms with E-state index >= 15 is 0 Å². The molecule has 68 heavy (non-hydrogen) atoms. The molecule has 2 aliphatic carbocycles. The molecule has 2 aliphatic heterocycles. The van der Waals surface area contributed by atoms with E-state index in [0.29, 0.717) is 13.1 Å². The highest BCUT2D eigenvalue weighted by molar-refractivity contribution is 5.89. The first-order valence-corrected chi connectivity index (χ1v) is 24.4. The number of rotatable bonds is 13. The Balaban J connectivity index is 0.818. The Morgan fingerprint density at radius 2 is 0.838 bits per heavy atom. The first-order valence-electron chi connectivity index (χ1n) is 24.4. The number of carbonyl (C=O) groups is 4. The predicted octanol–water partition coefficient (Wildman–Crippen LogP) is 9.59. The molecule has 4 heterocycles. The van der Waals surface area contributed by atoms with Gasteiger partial charge in [0.15, 0.2) is 0 Å². The predicted molar refractivity (Wildman–Crippen MR) is 260 cm³/mol. The van der Waals surface area contributed by atoms with Crippen LogP contribution in [0.1, 0.15) is 124 Å². The molecule has 6 aromatic rings. The quantitative estimate of drug-likeness (QED) is 0.0892. The maximum Gasteiger partial charge on any atom is 0.315 e. The lowest BCUT2D eigenvalue weighted by molar-refractivity contribution is -0.138. The number of carbonyl (C=O) groups excluding carboxylic acids is 4. The van der Waals surface area contributed by atoms with E-state index in [1.165, 1.54) is 0 Å². The van der Waals surface area contributed by atoms with E-state index in [1.54, 1.807) is 9.80 Å². The highest BCUT2D eigenvalue weighted by Gasteiger charge is 2.44. The number of hydrogen-bond acceptors (Lipinski definition) is 6. The largest absolute Gasteiger partial charge is 0.351 e. The summed E-state index contributed by atoms with van der Waals surface area (Å²) in [7, 11) is 0.